The number of aliphatic hydroxyl groups excluding tert-OH is 1. The second-order valence-electron chi connectivity index (χ2n) is 5.23. The van der Waals surface area contributed by atoms with Gasteiger partial charge in [0, 0.05) is 6.61 Å². The maximum Gasteiger partial charge on any atom is 0.0758 e. The Balaban J connectivity index is 2.95. The van der Waals surface area contributed by atoms with Crippen molar-refractivity contribution in [2.45, 2.75) is 45.2 Å². The molecule has 0 saturated heterocycles. The molecule has 1 aromatic carbocycles. The third-order valence-corrected chi connectivity index (χ3v) is 7.17. The molecule has 1 rings (SSSR count). The minimum Gasteiger partial charge on any atom is -0.396 e. The highest BCUT2D eigenvalue weighted by atomic mass is 28.3. The molecule has 1 N–H and O–H groups in total. The van der Waals surface area contributed by atoms with Crippen LogP contribution in [0, 0.1) is 0 Å². The largest absolute Gasteiger partial charge is 0.396 e. The molecule has 0 atom stereocenters. The Labute approximate surface area is 101 Å². The van der Waals surface area contributed by atoms with Crippen LogP contribution in [0.15, 0.2) is 24.3 Å². The fourth-order valence-electron chi connectivity index (χ4n) is 2.62. The van der Waals surface area contributed by atoms with Gasteiger partial charge >= 0.3 is 0 Å². The average molecular weight is 236 g/mol. The standard InChI is InChI=1S/C14H24OSi/c1-11(2)16(12(3)4)14-7-5-6-13(10-14)8-9-15/h5-7,10-12,15-16H,8-9H2,1-4H3. The molecule has 0 aromatic heterocycles. The second kappa shape index (κ2) is 6.21. The summed E-state index contributed by atoms with van der Waals surface area (Å²) in [6, 6.07) is 8.85. The van der Waals surface area contributed by atoms with Gasteiger partial charge in [0.05, 0.1) is 8.80 Å². The van der Waals surface area contributed by atoms with Crippen LogP contribution < -0.4 is 5.19 Å². The Hall–Kier alpha value is -0.603. The van der Waals surface area contributed by atoms with E-state index in [9.17, 15) is 0 Å². The predicted molar refractivity (Wildman–Crippen MR) is 74.2 cm³/mol. The van der Waals surface area contributed by atoms with Crippen molar-refractivity contribution in [3.05, 3.63) is 29.8 Å². The molecule has 2 heteroatoms. The van der Waals surface area contributed by atoms with Crippen molar-refractivity contribution in [1.82, 2.24) is 0 Å². The third-order valence-electron chi connectivity index (χ3n) is 3.17. The van der Waals surface area contributed by atoms with E-state index < -0.39 is 8.80 Å². The van der Waals surface area contributed by atoms with Gasteiger partial charge in [-0.2, -0.15) is 0 Å². The SMILES string of the molecule is CC(C)[SiH](c1cccc(CCO)c1)C(C)C. The summed E-state index contributed by atoms with van der Waals surface area (Å²) in [5, 5.41) is 10.5. The molecule has 0 heterocycles. The van der Waals surface area contributed by atoms with Gasteiger partial charge in [0.25, 0.3) is 0 Å². The number of rotatable bonds is 5. The monoisotopic (exact) mass is 236 g/mol. The molecule has 0 amide bonds. The Morgan fingerprint density at radius 3 is 2.25 bits per heavy atom. The zero-order valence-corrected chi connectivity index (χ0v) is 12.1. The van der Waals surface area contributed by atoms with Crippen molar-refractivity contribution in [2.75, 3.05) is 6.61 Å². The lowest BCUT2D eigenvalue weighted by Crippen LogP contribution is -2.36. The molecular formula is C14H24OSi. The van der Waals surface area contributed by atoms with Crippen molar-refractivity contribution < 1.29 is 5.11 Å². The van der Waals surface area contributed by atoms with Crippen LogP contribution in [0.5, 0.6) is 0 Å². The van der Waals surface area contributed by atoms with Crippen molar-refractivity contribution in [2.24, 2.45) is 0 Å². The molecule has 0 radical (unpaired) electrons. The summed E-state index contributed by atoms with van der Waals surface area (Å²) in [5.41, 5.74) is 2.87. The Morgan fingerprint density at radius 1 is 1.12 bits per heavy atom. The molecule has 0 unspecified atom stereocenters. The topological polar surface area (TPSA) is 20.2 Å². The summed E-state index contributed by atoms with van der Waals surface area (Å²) in [5.74, 6) is 0. The molecule has 0 aliphatic heterocycles. The second-order valence-corrected chi connectivity index (χ2v) is 9.62. The number of hydrogen-bond acceptors (Lipinski definition) is 1. The van der Waals surface area contributed by atoms with E-state index in [0.717, 1.165) is 17.5 Å². The van der Waals surface area contributed by atoms with Crippen molar-refractivity contribution >= 4 is 14.0 Å². The molecule has 0 saturated carbocycles. The van der Waals surface area contributed by atoms with Gasteiger partial charge in [-0.15, -0.1) is 0 Å². The molecule has 1 aromatic rings. The fraction of sp³-hybridized carbons (Fsp3) is 0.571. The van der Waals surface area contributed by atoms with Crippen LogP contribution >= 0.6 is 0 Å². The molecule has 0 fully saturated rings. The molecule has 0 bridgehead atoms. The Bertz CT molecular complexity index is 312. The van der Waals surface area contributed by atoms with Crippen molar-refractivity contribution in [3.63, 3.8) is 0 Å². The van der Waals surface area contributed by atoms with Gasteiger partial charge in [0.1, 0.15) is 0 Å². The lowest BCUT2D eigenvalue weighted by molar-refractivity contribution is 0.299. The lowest BCUT2D eigenvalue weighted by atomic mass is 10.2. The maximum absolute atomic E-state index is 8.98. The van der Waals surface area contributed by atoms with E-state index in [1.807, 2.05) is 0 Å². The zero-order valence-electron chi connectivity index (χ0n) is 10.9. The van der Waals surface area contributed by atoms with E-state index in [-0.39, 0.29) is 6.61 Å². The van der Waals surface area contributed by atoms with E-state index in [1.165, 1.54) is 5.56 Å². The van der Waals surface area contributed by atoms with Gasteiger partial charge in [-0.1, -0.05) is 57.1 Å². The normalized spacial score (nSPS) is 11.8. The van der Waals surface area contributed by atoms with Gasteiger partial charge in [0.15, 0.2) is 0 Å². The summed E-state index contributed by atoms with van der Waals surface area (Å²) in [4.78, 5) is 0. The van der Waals surface area contributed by atoms with Crippen molar-refractivity contribution in [3.8, 4) is 0 Å². The van der Waals surface area contributed by atoms with Crippen LogP contribution in [0.4, 0.5) is 0 Å². The van der Waals surface area contributed by atoms with Crippen LogP contribution in [-0.2, 0) is 6.42 Å². The first-order chi connectivity index (χ1) is 7.56. The first kappa shape index (κ1) is 13.5. The first-order valence-corrected chi connectivity index (χ1v) is 8.17. The quantitative estimate of drug-likeness (QED) is 0.779. The van der Waals surface area contributed by atoms with E-state index in [1.54, 1.807) is 5.19 Å². The number of benzene rings is 1. The van der Waals surface area contributed by atoms with Gasteiger partial charge in [-0.3, -0.25) is 0 Å². The van der Waals surface area contributed by atoms with Gasteiger partial charge in [-0.25, -0.2) is 0 Å². The molecule has 90 valence electrons. The smallest absolute Gasteiger partial charge is 0.0758 e. The Morgan fingerprint density at radius 2 is 1.75 bits per heavy atom. The minimum absolute atomic E-state index is 0.249. The third kappa shape index (κ3) is 3.46. The summed E-state index contributed by atoms with van der Waals surface area (Å²) in [6.07, 6.45) is 0.783. The minimum atomic E-state index is -0.873. The predicted octanol–water partition coefficient (Wildman–Crippen LogP) is 2.48. The summed E-state index contributed by atoms with van der Waals surface area (Å²) in [7, 11) is -0.873. The summed E-state index contributed by atoms with van der Waals surface area (Å²) >= 11 is 0. The first-order valence-electron chi connectivity index (χ1n) is 6.26. The number of hydrogen-bond donors (Lipinski definition) is 1. The lowest BCUT2D eigenvalue weighted by Gasteiger charge is -2.24. The van der Waals surface area contributed by atoms with Crippen LogP contribution in [0.2, 0.25) is 11.1 Å². The van der Waals surface area contributed by atoms with Crippen LogP contribution in [0.25, 0.3) is 0 Å². The molecular weight excluding hydrogens is 212 g/mol. The van der Waals surface area contributed by atoms with Crippen LogP contribution in [0.3, 0.4) is 0 Å². The maximum atomic E-state index is 8.98. The van der Waals surface area contributed by atoms with Gasteiger partial charge in [-0.05, 0) is 23.1 Å². The molecule has 0 aliphatic carbocycles. The Kier molecular flexibility index (Phi) is 5.23. The van der Waals surface area contributed by atoms with E-state index in [2.05, 4.69) is 52.0 Å². The average Bonchev–Trinajstić information content (AvgIpc) is 2.17. The molecule has 16 heavy (non-hydrogen) atoms. The highest BCUT2D eigenvalue weighted by Crippen LogP contribution is 2.20. The van der Waals surface area contributed by atoms with E-state index >= 15 is 0 Å². The van der Waals surface area contributed by atoms with E-state index in [0.29, 0.717) is 0 Å². The van der Waals surface area contributed by atoms with Gasteiger partial charge in [0.2, 0.25) is 0 Å². The summed E-state index contributed by atoms with van der Waals surface area (Å²) < 4.78 is 0. The zero-order chi connectivity index (χ0) is 12.1. The van der Waals surface area contributed by atoms with E-state index in [4.69, 9.17) is 5.11 Å². The highest BCUT2D eigenvalue weighted by Gasteiger charge is 2.21. The molecule has 1 nitrogen and oxygen atoms in total. The molecule has 0 spiro atoms. The van der Waals surface area contributed by atoms with Gasteiger partial charge < -0.3 is 5.11 Å². The van der Waals surface area contributed by atoms with Crippen LogP contribution in [-0.4, -0.2) is 20.5 Å². The fourth-order valence-corrected chi connectivity index (χ4v) is 6.44. The van der Waals surface area contributed by atoms with Crippen LogP contribution in [0.1, 0.15) is 33.3 Å². The highest BCUT2D eigenvalue weighted by molar-refractivity contribution is 6.75. The van der Waals surface area contributed by atoms with Crippen molar-refractivity contribution in [1.29, 1.82) is 0 Å². The number of aliphatic hydroxyl groups is 1. The molecule has 0 aliphatic rings. The summed E-state index contributed by atoms with van der Waals surface area (Å²) in [6.45, 7) is 9.62.